The van der Waals surface area contributed by atoms with Gasteiger partial charge in [0.1, 0.15) is 11.5 Å². The molecule has 14 nitrogen and oxygen atoms in total. The maximum Gasteiger partial charge on any atom is 1.00 e. The van der Waals surface area contributed by atoms with E-state index < -0.39 is 61.6 Å². The number of nitrogens with zero attached hydrogens (tertiary/aromatic N) is 2. The molecule has 0 unspecified atom stereocenters. The van der Waals surface area contributed by atoms with E-state index in [1.54, 1.807) is 24.3 Å². The van der Waals surface area contributed by atoms with E-state index in [0.29, 0.717) is 16.7 Å². The first-order valence-electron chi connectivity index (χ1n) is 13.1. The van der Waals surface area contributed by atoms with Crippen LogP contribution in [0.3, 0.4) is 0 Å². The molecule has 0 aliphatic carbocycles. The van der Waals surface area contributed by atoms with Crippen LogP contribution in [0, 0.1) is 0 Å². The summed E-state index contributed by atoms with van der Waals surface area (Å²) in [5.41, 5.74) is -0.228. The number of benzene rings is 3. The van der Waals surface area contributed by atoms with Gasteiger partial charge in [0.15, 0.2) is 5.60 Å². The van der Waals surface area contributed by atoms with Crippen molar-refractivity contribution in [3.63, 3.8) is 0 Å². The molecule has 230 valence electrons. The Kier molecular flexibility index (Phi) is 11.3. The van der Waals surface area contributed by atoms with Crippen molar-refractivity contribution in [3.05, 3.63) is 94.0 Å². The molecular formula is C30H28N2NaO12+. The van der Waals surface area contributed by atoms with Gasteiger partial charge in [-0.05, 0) is 30.3 Å². The van der Waals surface area contributed by atoms with Gasteiger partial charge < -0.3 is 35.4 Å². The molecule has 15 heteroatoms. The van der Waals surface area contributed by atoms with E-state index in [2.05, 4.69) is 0 Å². The first kappa shape index (κ1) is 35.0. The maximum atomic E-state index is 13.2. The van der Waals surface area contributed by atoms with Crippen LogP contribution >= 0.6 is 0 Å². The van der Waals surface area contributed by atoms with E-state index in [1.807, 2.05) is 0 Å². The summed E-state index contributed by atoms with van der Waals surface area (Å²) < 4.78 is 6.04. The Morgan fingerprint density at radius 3 is 1.44 bits per heavy atom. The van der Waals surface area contributed by atoms with E-state index in [1.165, 1.54) is 36.4 Å². The zero-order valence-electron chi connectivity index (χ0n) is 24.0. The second kappa shape index (κ2) is 14.5. The van der Waals surface area contributed by atoms with Crippen LogP contribution in [0.1, 0.15) is 38.2 Å². The molecule has 3 aromatic rings. The number of fused-ring (bicyclic) bond motifs is 1. The summed E-state index contributed by atoms with van der Waals surface area (Å²) in [5.74, 6) is -6.37. The largest absolute Gasteiger partial charge is 1.00 e. The molecular weight excluding hydrogens is 603 g/mol. The molecule has 3 aromatic carbocycles. The minimum absolute atomic E-state index is 0. The Morgan fingerprint density at radius 1 is 0.644 bits per heavy atom. The molecule has 1 heterocycles. The van der Waals surface area contributed by atoms with Gasteiger partial charge in [0.2, 0.25) is 0 Å². The van der Waals surface area contributed by atoms with E-state index in [4.69, 9.17) is 4.74 Å². The predicted octanol–water partition coefficient (Wildman–Crippen LogP) is -1.49. The molecule has 0 radical (unpaired) electrons. The number of aromatic hydroxyl groups is 2. The summed E-state index contributed by atoms with van der Waals surface area (Å²) in [6.45, 7) is -3.12. The molecule has 0 spiro atoms. The number of hydrogen-bond acceptors (Lipinski definition) is 10. The number of cyclic esters (lactones) is 1. The molecule has 0 saturated heterocycles. The number of hydrogen-bond donors (Lipinski definition) is 6. The predicted molar refractivity (Wildman–Crippen MR) is 149 cm³/mol. The van der Waals surface area contributed by atoms with Crippen molar-refractivity contribution in [2.24, 2.45) is 0 Å². The summed E-state index contributed by atoms with van der Waals surface area (Å²) >= 11 is 0. The molecule has 0 fully saturated rings. The quantitative estimate of drug-likeness (QED) is 0.0881. The van der Waals surface area contributed by atoms with Gasteiger partial charge in [-0.2, -0.15) is 0 Å². The third-order valence-corrected chi connectivity index (χ3v) is 6.97. The Labute approximate surface area is 278 Å². The number of phenols is 2. The van der Waals surface area contributed by atoms with Gasteiger partial charge in [0, 0.05) is 40.9 Å². The van der Waals surface area contributed by atoms with Gasteiger partial charge in [-0.3, -0.25) is 29.0 Å². The fourth-order valence-corrected chi connectivity index (χ4v) is 5.26. The average molecular weight is 632 g/mol. The molecule has 0 saturated carbocycles. The van der Waals surface area contributed by atoms with Crippen LogP contribution in [0.15, 0.2) is 60.7 Å². The maximum absolute atomic E-state index is 13.2. The van der Waals surface area contributed by atoms with Crippen molar-refractivity contribution < 1.29 is 88.9 Å². The van der Waals surface area contributed by atoms with Crippen LogP contribution in [-0.4, -0.2) is 96.5 Å². The average Bonchev–Trinajstić information content (AvgIpc) is 3.23. The molecule has 1 aliphatic rings. The van der Waals surface area contributed by atoms with Gasteiger partial charge in [-0.25, -0.2) is 4.79 Å². The number of carbonyl (C=O) groups excluding carboxylic acids is 1. The molecule has 6 N–H and O–H groups in total. The monoisotopic (exact) mass is 631 g/mol. The number of aliphatic carboxylic acids is 4. The fraction of sp³-hybridized carbons (Fsp3) is 0.233. The van der Waals surface area contributed by atoms with E-state index >= 15 is 0 Å². The number of ether oxygens (including phenoxy) is 1. The third kappa shape index (κ3) is 7.98. The van der Waals surface area contributed by atoms with Crippen LogP contribution < -0.4 is 29.6 Å². The van der Waals surface area contributed by atoms with E-state index in [9.17, 15) is 54.6 Å². The molecule has 45 heavy (non-hydrogen) atoms. The molecule has 0 atom stereocenters. The number of esters is 1. The molecule has 0 amide bonds. The van der Waals surface area contributed by atoms with Crippen LogP contribution in [-0.2, 0) is 42.6 Å². The fourth-order valence-electron chi connectivity index (χ4n) is 5.26. The van der Waals surface area contributed by atoms with Crippen molar-refractivity contribution in [3.8, 4) is 11.5 Å². The number of carbonyl (C=O) groups is 5. The molecule has 4 rings (SSSR count). The van der Waals surface area contributed by atoms with E-state index in [-0.39, 0.29) is 70.8 Å². The summed E-state index contributed by atoms with van der Waals surface area (Å²) in [7, 11) is 0. The van der Waals surface area contributed by atoms with Crippen molar-refractivity contribution >= 4 is 29.8 Å². The topological polar surface area (TPSA) is 222 Å². The standard InChI is InChI=1S/C30H28N2O12.Na/c33-23-7-5-19(9-17(23)11-31(13-25(35)36)14-26(37)38)30(22-4-2-1-3-21(22)29(43)44-30)20-6-8-24(34)18(10-20)12-32(15-27(39)40)16-28(41)42;/h1-10,33-34H,11-16H2,(H,35,36)(H,37,38)(H,39,40)(H,41,42);/q;+1. The number of rotatable bonds is 14. The summed E-state index contributed by atoms with van der Waals surface area (Å²) in [6.07, 6.45) is 0. The van der Waals surface area contributed by atoms with Crippen molar-refractivity contribution in [1.29, 1.82) is 0 Å². The van der Waals surface area contributed by atoms with Crippen LogP contribution in [0.4, 0.5) is 0 Å². The summed E-state index contributed by atoms with van der Waals surface area (Å²) in [5, 5.41) is 58.4. The number of phenolic OH excluding ortho intramolecular Hbond substituents is 2. The zero-order chi connectivity index (χ0) is 32.2. The van der Waals surface area contributed by atoms with Crippen LogP contribution in [0.2, 0.25) is 0 Å². The van der Waals surface area contributed by atoms with Crippen LogP contribution in [0.25, 0.3) is 0 Å². The Morgan fingerprint density at radius 2 is 1.04 bits per heavy atom. The van der Waals surface area contributed by atoms with E-state index in [0.717, 1.165) is 9.80 Å². The molecule has 0 aromatic heterocycles. The van der Waals surface area contributed by atoms with Gasteiger partial charge in [0.25, 0.3) is 0 Å². The Hall–Kier alpha value is -4.47. The Bertz CT molecular complexity index is 1520. The van der Waals surface area contributed by atoms with Gasteiger partial charge in [-0.1, -0.05) is 30.3 Å². The summed E-state index contributed by atoms with van der Waals surface area (Å²) in [4.78, 5) is 60.8. The second-order valence-electron chi connectivity index (χ2n) is 10.2. The Balaban J connectivity index is 0.00000552. The minimum Gasteiger partial charge on any atom is -0.508 e. The second-order valence-corrected chi connectivity index (χ2v) is 10.2. The van der Waals surface area contributed by atoms with Crippen LogP contribution in [0.5, 0.6) is 11.5 Å². The van der Waals surface area contributed by atoms with Gasteiger partial charge in [0.05, 0.1) is 31.7 Å². The normalized spacial score (nSPS) is 13.2. The number of carboxylic acids is 4. The molecule has 1 aliphatic heterocycles. The SMILES string of the molecule is O=C(O)CN(CC(=O)O)Cc1cc(C2(c3ccc(O)c(CN(CC(=O)O)CC(=O)O)c3)OC(=O)c3ccccc32)ccc1O.[Na+]. The smallest absolute Gasteiger partial charge is 0.508 e. The first-order valence-corrected chi connectivity index (χ1v) is 13.1. The number of carboxylic acid groups (broad SMARTS) is 4. The summed E-state index contributed by atoms with van der Waals surface area (Å²) in [6, 6.07) is 14.9. The molecule has 0 bridgehead atoms. The van der Waals surface area contributed by atoms with Crippen molar-refractivity contribution in [2.45, 2.75) is 18.7 Å². The van der Waals surface area contributed by atoms with Crippen molar-refractivity contribution in [1.82, 2.24) is 9.80 Å². The van der Waals surface area contributed by atoms with Gasteiger partial charge in [-0.15, -0.1) is 0 Å². The third-order valence-electron chi connectivity index (χ3n) is 6.97. The van der Waals surface area contributed by atoms with Crippen molar-refractivity contribution in [2.75, 3.05) is 26.2 Å². The zero-order valence-corrected chi connectivity index (χ0v) is 26.0. The van der Waals surface area contributed by atoms with Gasteiger partial charge >= 0.3 is 59.4 Å². The minimum atomic E-state index is -1.69. The first-order chi connectivity index (χ1) is 20.8.